The molecule has 4 heterocycles. The van der Waals surface area contributed by atoms with Gasteiger partial charge in [-0.15, -0.1) is 0 Å². The Bertz CT molecular complexity index is 722. The summed E-state index contributed by atoms with van der Waals surface area (Å²) in [6.45, 7) is 4.68. The topological polar surface area (TPSA) is 28.2 Å². The average Bonchev–Trinajstić information content (AvgIpc) is 2.61. The van der Waals surface area contributed by atoms with Crippen LogP contribution in [-0.2, 0) is 0 Å². The third kappa shape index (κ3) is 2.77. The van der Waals surface area contributed by atoms with Gasteiger partial charge in [-0.25, -0.2) is 13.8 Å². The molecule has 3 nitrogen and oxygen atoms in total. The second kappa shape index (κ2) is 6.13. The SMILES string of the molecule is C[C@@H]1[C@@H](Nc2ccc(-c3ccc(F)c(F)c3)cn2)C2CCN1CC2. The lowest BCUT2D eigenvalue weighted by molar-refractivity contribution is 0.0457. The molecule has 0 unspecified atom stereocenters. The van der Waals surface area contributed by atoms with E-state index in [-0.39, 0.29) is 0 Å². The molecule has 2 bridgehead atoms. The van der Waals surface area contributed by atoms with Crippen molar-refractivity contribution in [3.05, 3.63) is 48.2 Å². The molecule has 5 heteroatoms. The van der Waals surface area contributed by atoms with Gasteiger partial charge in [0.15, 0.2) is 11.6 Å². The molecule has 0 saturated carbocycles. The van der Waals surface area contributed by atoms with Gasteiger partial charge in [-0.3, -0.25) is 4.90 Å². The molecule has 0 radical (unpaired) electrons. The Labute approximate surface area is 140 Å². The lowest BCUT2D eigenvalue weighted by Crippen LogP contribution is -2.59. The fourth-order valence-corrected chi connectivity index (χ4v) is 4.04. The number of anilines is 1. The number of nitrogens with one attached hydrogen (secondary N) is 1. The minimum atomic E-state index is -0.837. The van der Waals surface area contributed by atoms with Crippen LogP contribution in [0.15, 0.2) is 36.5 Å². The first-order chi connectivity index (χ1) is 11.6. The molecular weight excluding hydrogens is 308 g/mol. The lowest BCUT2D eigenvalue weighted by atomic mass is 9.79. The van der Waals surface area contributed by atoms with Crippen LogP contribution in [0.25, 0.3) is 11.1 Å². The van der Waals surface area contributed by atoms with Crippen molar-refractivity contribution in [2.45, 2.75) is 31.8 Å². The van der Waals surface area contributed by atoms with E-state index in [1.807, 2.05) is 12.1 Å². The number of nitrogens with zero attached hydrogens (tertiary/aromatic N) is 2. The van der Waals surface area contributed by atoms with Crippen molar-refractivity contribution in [2.75, 3.05) is 18.4 Å². The summed E-state index contributed by atoms with van der Waals surface area (Å²) in [5.41, 5.74) is 1.41. The van der Waals surface area contributed by atoms with E-state index < -0.39 is 11.6 Å². The molecule has 2 aromatic rings. The zero-order valence-corrected chi connectivity index (χ0v) is 13.7. The van der Waals surface area contributed by atoms with Crippen LogP contribution in [0.3, 0.4) is 0 Å². The van der Waals surface area contributed by atoms with Crippen molar-refractivity contribution in [1.82, 2.24) is 9.88 Å². The van der Waals surface area contributed by atoms with E-state index in [1.165, 1.54) is 32.0 Å². The minimum Gasteiger partial charge on any atom is -0.365 e. The number of piperidine rings is 3. The van der Waals surface area contributed by atoms with Crippen LogP contribution >= 0.6 is 0 Å². The van der Waals surface area contributed by atoms with Crippen molar-refractivity contribution < 1.29 is 8.78 Å². The van der Waals surface area contributed by atoms with Crippen molar-refractivity contribution in [3.63, 3.8) is 0 Å². The molecule has 1 aromatic heterocycles. The molecule has 3 aliphatic rings. The molecule has 3 saturated heterocycles. The number of halogens is 2. The Balaban J connectivity index is 1.50. The highest BCUT2D eigenvalue weighted by molar-refractivity contribution is 5.63. The number of fused-ring (bicyclic) bond motifs is 3. The van der Waals surface area contributed by atoms with Crippen molar-refractivity contribution in [2.24, 2.45) is 5.92 Å². The van der Waals surface area contributed by atoms with Crippen LogP contribution in [0.1, 0.15) is 19.8 Å². The third-order valence-corrected chi connectivity index (χ3v) is 5.51. The van der Waals surface area contributed by atoms with E-state index in [9.17, 15) is 8.78 Å². The van der Waals surface area contributed by atoms with Crippen molar-refractivity contribution >= 4 is 5.82 Å². The summed E-state index contributed by atoms with van der Waals surface area (Å²) < 4.78 is 26.4. The van der Waals surface area contributed by atoms with Gasteiger partial charge in [0.2, 0.25) is 0 Å². The van der Waals surface area contributed by atoms with Gasteiger partial charge >= 0.3 is 0 Å². The summed E-state index contributed by atoms with van der Waals surface area (Å²) in [5, 5.41) is 3.57. The summed E-state index contributed by atoms with van der Waals surface area (Å²) >= 11 is 0. The maximum absolute atomic E-state index is 13.4. The number of aromatic nitrogens is 1. The van der Waals surface area contributed by atoms with Crippen molar-refractivity contribution in [3.8, 4) is 11.1 Å². The summed E-state index contributed by atoms with van der Waals surface area (Å²) in [6.07, 6.45) is 4.20. The van der Waals surface area contributed by atoms with E-state index in [0.717, 1.165) is 17.4 Å². The molecular formula is C19H21F2N3. The van der Waals surface area contributed by atoms with Gasteiger partial charge in [0.05, 0.1) is 0 Å². The van der Waals surface area contributed by atoms with Crippen LogP contribution in [-0.4, -0.2) is 35.1 Å². The predicted molar refractivity (Wildman–Crippen MR) is 90.8 cm³/mol. The zero-order valence-electron chi connectivity index (χ0n) is 13.7. The zero-order chi connectivity index (χ0) is 16.7. The molecule has 0 spiro atoms. The number of rotatable bonds is 3. The number of hydrogen-bond donors (Lipinski definition) is 1. The van der Waals surface area contributed by atoms with E-state index in [2.05, 4.69) is 22.1 Å². The van der Waals surface area contributed by atoms with Crippen LogP contribution in [0, 0.1) is 17.6 Å². The number of hydrogen-bond acceptors (Lipinski definition) is 3. The second-order valence-electron chi connectivity index (χ2n) is 6.85. The molecule has 24 heavy (non-hydrogen) atoms. The van der Waals surface area contributed by atoms with Crippen molar-refractivity contribution in [1.29, 1.82) is 0 Å². The monoisotopic (exact) mass is 329 g/mol. The van der Waals surface area contributed by atoms with E-state index >= 15 is 0 Å². The Morgan fingerprint density at radius 1 is 1.04 bits per heavy atom. The van der Waals surface area contributed by atoms with E-state index in [4.69, 9.17) is 0 Å². The van der Waals surface area contributed by atoms with Gasteiger partial charge in [-0.1, -0.05) is 6.07 Å². The highest BCUT2D eigenvalue weighted by atomic mass is 19.2. The molecule has 5 rings (SSSR count). The van der Waals surface area contributed by atoms with Gasteiger partial charge in [-0.2, -0.15) is 0 Å². The maximum Gasteiger partial charge on any atom is 0.159 e. The first-order valence-corrected chi connectivity index (χ1v) is 8.54. The molecule has 0 aliphatic carbocycles. The smallest absolute Gasteiger partial charge is 0.159 e. The van der Waals surface area contributed by atoms with Gasteiger partial charge < -0.3 is 5.32 Å². The number of benzene rings is 1. The molecule has 1 aromatic carbocycles. The lowest BCUT2D eigenvalue weighted by Gasteiger charge is -2.50. The first kappa shape index (κ1) is 15.5. The number of pyridine rings is 1. The summed E-state index contributed by atoms with van der Waals surface area (Å²) in [4.78, 5) is 7.01. The minimum absolute atomic E-state index is 0.425. The largest absolute Gasteiger partial charge is 0.365 e. The van der Waals surface area contributed by atoms with E-state index in [1.54, 1.807) is 12.3 Å². The van der Waals surface area contributed by atoms with Gasteiger partial charge in [0, 0.05) is 23.8 Å². The fraction of sp³-hybridized carbons (Fsp3) is 0.421. The maximum atomic E-state index is 13.4. The van der Waals surface area contributed by atoms with Crippen LogP contribution < -0.4 is 5.32 Å². The molecule has 1 N–H and O–H groups in total. The highest BCUT2D eigenvalue weighted by Crippen LogP contribution is 2.34. The van der Waals surface area contributed by atoms with Gasteiger partial charge in [0.1, 0.15) is 5.82 Å². The second-order valence-corrected chi connectivity index (χ2v) is 6.85. The molecule has 3 fully saturated rings. The summed E-state index contributed by atoms with van der Waals surface area (Å²) in [7, 11) is 0. The van der Waals surface area contributed by atoms with Crippen LogP contribution in [0.2, 0.25) is 0 Å². The molecule has 0 amide bonds. The van der Waals surface area contributed by atoms with E-state index in [0.29, 0.717) is 23.6 Å². The molecule has 3 aliphatic heterocycles. The Morgan fingerprint density at radius 2 is 1.79 bits per heavy atom. The average molecular weight is 329 g/mol. The van der Waals surface area contributed by atoms with Gasteiger partial charge in [-0.05, 0) is 68.6 Å². The van der Waals surface area contributed by atoms with Crippen LogP contribution in [0.4, 0.5) is 14.6 Å². The summed E-state index contributed by atoms with van der Waals surface area (Å²) in [5.74, 6) is -0.123. The van der Waals surface area contributed by atoms with Gasteiger partial charge in [0.25, 0.3) is 0 Å². The molecule has 2 atom stereocenters. The van der Waals surface area contributed by atoms with Crippen LogP contribution in [0.5, 0.6) is 0 Å². The fourth-order valence-electron chi connectivity index (χ4n) is 4.04. The predicted octanol–water partition coefficient (Wildman–Crippen LogP) is 3.92. The third-order valence-electron chi connectivity index (χ3n) is 5.51. The highest BCUT2D eigenvalue weighted by Gasteiger charge is 2.39. The standard InChI is InChI=1S/C19H21F2N3/c1-12-19(13-6-8-24(12)9-7-13)23-18-5-3-15(11-22-18)14-2-4-16(20)17(21)10-14/h2-5,10-13,19H,6-9H2,1H3,(H,22,23)/t12-,19-/m1/s1. The quantitative estimate of drug-likeness (QED) is 0.925. The molecule has 126 valence electrons. The Kier molecular flexibility index (Phi) is 3.96. The summed E-state index contributed by atoms with van der Waals surface area (Å²) in [6, 6.07) is 8.67. The normalized spacial score (nSPS) is 28.8. The Hall–Kier alpha value is -2.01. The Morgan fingerprint density at radius 3 is 2.42 bits per heavy atom. The first-order valence-electron chi connectivity index (χ1n) is 8.54.